The lowest BCUT2D eigenvalue weighted by atomic mass is 10.1. The van der Waals surface area contributed by atoms with Gasteiger partial charge in [-0.2, -0.15) is 0 Å². The molecule has 0 bridgehead atoms. The van der Waals surface area contributed by atoms with Gasteiger partial charge >= 0.3 is 5.97 Å². The molecule has 3 heterocycles. The Morgan fingerprint density at radius 2 is 1.74 bits per heavy atom. The first-order chi connectivity index (χ1) is 16.0. The smallest absolute Gasteiger partial charge is 0.351 e. The first kappa shape index (κ1) is 26.7. The highest BCUT2D eigenvalue weighted by atomic mass is 32.1. The molecule has 1 fully saturated rings. The number of nitrogens with zero attached hydrogens (tertiary/aromatic N) is 4. The monoisotopic (exact) mass is 491 g/mol. The van der Waals surface area contributed by atoms with E-state index in [2.05, 4.69) is 28.8 Å². The van der Waals surface area contributed by atoms with E-state index in [4.69, 9.17) is 20.2 Å². The zero-order chi connectivity index (χ0) is 25.0. The normalized spacial score (nSPS) is 15.9. The summed E-state index contributed by atoms with van der Waals surface area (Å²) in [5.74, 6) is 0.350. The number of aryl methyl sites for hydroxylation is 2. The summed E-state index contributed by atoms with van der Waals surface area (Å²) >= 11 is 1.28. The van der Waals surface area contributed by atoms with Crippen LogP contribution in [0.1, 0.15) is 48.1 Å². The Morgan fingerprint density at radius 1 is 1.12 bits per heavy atom. The Bertz CT molecular complexity index is 991. The molecule has 0 atom stereocenters. The molecule has 2 aromatic rings. The van der Waals surface area contributed by atoms with Crippen molar-refractivity contribution in [2.24, 2.45) is 0 Å². The molecule has 0 unspecified atom stereocenters. The van der Waals surface area contributed by atoms with Gasteiger partial charge < -0.3 is 25.0 Å². The van der Waals surface area contributed by atoms with Gasteiger partial charge in [-0.25, -0.2) is 9.78 Å². The summed E-state index contributed by atoms with van der Waals surface area (Å²) in [7, 11) is 4.25. The van der Waals surface area contributed by atoms with E-state index in [1.807, 2.05) is 34.6 Å². The van der Waals surface area contributed by atoms with Crippen LogP contribution in [-0.4, -0.2) is 97.8 Å². The lowest BCUT2D eigenvalue weighted by molar-refractivity contribution is 0.00764. The molecule has 0 aromatic carbocycles. The third-order valence-electron chi connectivity index (χ3n) is 6.02. The molecular formula is C25H41N5O3S. The topological polar surface area (TPSA) is 84.2 Å². The zero-order valence-electron chi connectivity index (χ0n) is 21.9. The molecule has 2 N–H and O–H groups in total. The maximum atomic E-state index is 12.6. The highest BCUT2D eigenvalue weighted by Crippen LogP contribution is 2.40. The molecule has 2 aromatic heterocycles. The first-order valence-electron chi connectivity index (χ1n) is 12.1. The summed E-state index contributed by atoms with van der Waals surface area (Å²) in [4.78, 5) is 25.7. The molecular weight excluding hydrogens is 450 g/mol. The third kappa shape index (κ3) is 6.81. The van der Waals surface area contributed by atoms with Gasteiger partial charge in [-0.3, -0.25) is 4.90 Å². The van der Waals surface area contributed by atoms with Crippen LogP contribution >= 0.6 is 11.3 Å². The molecule has 190 valence electrons. The van der Waals surface area contributed by atoms with Crippen molar-refractivity contribution in [3.05, 3.63) is 16.1 Å². The second kappa shape index (κ2) is 11.2. The Kier molecular flexibility index (Phi) is 8.78. The van der Waals surface area contributed by atoms with Gasteiger partial charge in [0.05, 0.1) is 11.4 Å². The number of carbonyl (C=O) groups excluding carboxylic acids is 1. The number of esters is 1. The number of anilines is 1. The minimum Gasteiger partial charge on any atom is -0.490 e. The van der Waals surface area contributed by atoms with Gasteiger partial charge in [0.15, 0.2) is 0 Å². The highest BCUT2D eigenvalue weighted by Gasteiger charge is 2.26. The van der Waals surface area contributed by atoms with E-state index in [9.17, 15) is 4.79 Å². The van der Waals surface area contributed by atoms with Crippen molar-refractivity contribution < 1.29 is 14.3 Å². The van der Waals surface area contributed by atoms with Gasteiger partial charge in [-0.1, -0.05) is 0 Å². The summed E-state index contributed by atoms with van der Waals surface area (Å²) < 4.78 is 11.7. The summed E-state index contributed by atoms with van der Waals surface area (Å²) in [6.45, 7) is 17.6. The number of ether oxygens (including phenoxy) is 2. The molecule has 1 saturated heterocycles. The van der Waals surface area contributed by atoms with Gasteiger partial charge in [0.2, 0.25) is 0 Å². The minimum absolute atomic E-state index is 0.403. The van der Waals surface area contributed by atoms with Crippen LogP contribution in [0.5, 0.6) is 5.75 Å². The Labute approximate surface area is 208 Å². The van der Waals surface area contributed by atoms with Crippen LogP contribution in [0.15, 0.2) is 0 Å². The van der Waals surface area contributed by atoms with Crippen LogP contribution < -0.4 is 10.5 Å². The van der Waals surface area contributed by atoms with E-state index < -0.39 is 11.6 Å². The number of thiophene rings is 1. The van der Waals surface area contributed by atoms with Gasteiger partial charge in [0, 0.05) is 43.7 Å². The summed E-state index contributed by atoms with van der Waals surface area (Å²) in [6, 6.07) is 0. The molecule has 0 saturated carbocycles. The fourth-order valence-corrected chi connectivity index (χ4v) is 5.35. The van der Waals surface area contributed by atoms with Gasteiger partial charge in [-0.05, 0) is 68.2 Å². The third-order valence-corrected chi connectivity index (χ3v) is 7.10. The average molecular weight is 492 g/mol. The van der Waals surface area contributed by atoms with Crippen molar-refractivity contribution in [3.63, 3.8) is 0 Å². The number of aromatic nitrogens is 1. The van der Waals surface area contributed by atoms with Gasteiger partial charge in [0.1, 0.15) is 27.7 Å². The maximum absolute atomic E-state index is 12.6. The lowest BCUT2D eigenvalue weighted by Gasteiger charge is -2.34. The van der Waals surface area contributed by atoms with Gasteiger partial charge in [-0.15, -0.1) is 11.3 Å². The van der Waals surface area contributed by atoms with Crippen LogP contribution in [0.25, 0.3) is 10.2 Å². The Balaban J connectivity index is 1.59. The number of nitrogens with two attached hydrogens (primary N) is 1. The van der Waals surface area contributed by atoms with E-state index in [-0.39, 0.29) is 0 Å². The quantitative estimate of drug-likeness (QED) is 0.535. The van der Waals surface area contributed by atoms with Crippen LogP contribution in [0.2, 0.25) is 0 Å². The summed E-state index contributed by atoms with van der Waals surface area (Å²) in [5, 5.41) is 0.790. The predicted octanol–water partition coefficient (Wildman–Crippen LogP) is 3.40. The molecule has 3 rings (SSSR count). The van der Waals surface area contributed by atoms with Gasteiger partial charge in [0.25, 0.3) is 0 Å². The zero-order valence-corrected chi connectivity index (χ0v) is 22.7. The van der Waals surface area contributed by atoms with E-state index in [0.717, 1.165) is 66.5 Å². The van der Waals surface area contributed by atoms with Crippen molar-refractivity contribution in [1.82, 2.24) is 19.7 Å². The number of fused-ring (bicyclic) bond motifs is 1. The highest BCUT2D eigenvalue weighted by molar-refractivity contribution is 7.21. The summed E-state index contributed by atoms with van der Waals surface area (Å²) in [5.41, 5.74) is 7.97. The number of hydrogen-bond donors (Lipinski definition) is 1. The molecule has 1 aliphatic rings. The molecule has 9 heteroatoms. The maximum Gasteiger partial charge on any atom is 0.351 e. The molecule has 0 amide bonds. The van der Waals surface area contributed by atoms with Crippen molar-refractivity contribution in [2.45, 2.75) is 46.6 Å². The lowest BCUT2D eigenvalue weighted by Crippen LogP contribution is -2.47. The van der Waals surface area contributed by atoms with Crippen molar-refractivity contribution >= 4 is 33.2 Å². The first-order valence-corrected chi connectivity index (χ1v) is 12.9. The van der Waals surface area contributed by atoms with Crippen molar-refractivity contribution in [3.8, 4) is 5.75 Å². The molecule has 34 heavy (non-hydrogen) atoms. The Hall–Kier alpha value is -1.94. The molecule has 0 spiro atoms. The van der Waals surface area contributed by atoms with Crippen LogP contribution in [0.3, 0.4) is 0 Å². The largest absolute Gasteiger partial charge is 0.490 e. The van der Waals surface area contributed by atoms with E-state index in [1.54, 1.807) is 0 Å². The van der Waals surface area contributed by atoms with Crippen LogP contribution in [0.4, 0.5) is 5.69 Å². The molecule has 1 aliphatic heterocycles. The molecule has 0 aliphatic carbocycles. The van der Waals surface area contributed by atoms with E-state index in [1.165, 1.54) is 24.3 Å². The second-order valence-corrected chi connectivity index (χ2v) is 11.4. The van der Waals surface area contributed by atoms with Crippen molar-refractivity contribution in [1.29, 1.82) is 0 Å². The number of pyridine rings is 1. The number of piperazine rings is 1. The molecule has 0 radical (unpaired) electrons. The van der Waals surface area contributed by atoms with Crippen molar-refractivity contribution in [2.75, 3.05) is 72.2 Å². The summed E-state index contributed by atoms with van der Waals surface area (Å²) in [6.07, 6.45) is 1.21. The predicted molar refractivity (Wildman–Crippen MR) is 140 cm³/mol. The number of rotatable bonds is 9. The minimum atomic E-state index is -0.579. The number of carbonyl (C=O) groups is 1. The number of hydrogen-bond acceptors (Lipinski definition) is 9. The fourth-order valence-electron chi connectivity index (χ4n) is 4.27. The average Bonchev–Trinajstić information content (AvgIpc) is 3.06. The molecule has 8 nitrogen and oxygen atoms in total. The van der Waals surface area contributed by atoms with E-state index in [0.29, 0.717) is 17.2 Å². The number of nitrogen functional groups attached to an aromatic ring is 1. The Morgan fingerprint density at radius 3 is 2.32 bits per heavy atom. The van der Waals surface area contributed by atoms with Crippen LogP contribution in [0, 0.1) is 13.8 Å². The standard InChI is InChI=1S/C25H41N5O3S/c1-17-19-20(26)22(24(31)33-25(3,4)5)34-23(19)27-18(2)21(17)32-16-15-30-13-11-29(12-14-30)10-8-9-28(6)7/h8-16,26H2,1-7H3. The second-order valence-electron chi connectivity index (χ2n) is 10.4. The van der Waals surface area contributed by atoms with Crippen LogP contribution in [-0.2, 0) is 4.74 Å². The van der Waals surface area contributed by atoms with E-state index >= 15 is 0 Å². The fraction of sp³-hybridized carbons (Fsp3) is 0.680. The SMILES string of the molecule is Cc1nc2sc(C(=O)OC(C)(C)C)c(N)c2c(C)c1OCCN1CCN(CCCN(C)C)CC1.